The number of thioether (sulfide) groups is 2. The molecule has 3 aromatic rings. The number of amides is 1. The summed E-state index contributed by atoms with van der Waals surface area (Å²) in [5.41, 5.74) is 14.4. The van der Waals surface area contributed by atoms with Crippen molar-refractivity contribution in [2.45, 2.75) is 82.4 Å². The SMILES string of the molecule is C1CC2=NOC[C@@H]2CO1.CC(C)(C)OC(=O)CC1=N[C@@]2(c3cc(N)cs3)CCCC[C@H]2CS1.N#Cc1ccc(C(=O)Nc2csc([C@]34CCOC[C@H]3CSC(N)=N4)c2)nc1. The van der Waals surface area contributed by atoms with Gasteiger partial charge < -0.3 is 35.8 Å². The van der Waals surface area contributed by atoms with Crippen LogP contribution in [0, 0.1) is 29.1 Å². The van der Waals surface area contributed by atoms with Crippen LogP contribution in [-0.2, 0) is 34.9 Å². The van der Waals surface area contributed by atoms with E-state index in [9.17, 15) is 9.59 Å². The van der Waals surface area contributed by atoms with Crippen molar-refractivity contribution in [1.82, 2.24) is 4.98 Å². The third-order valence-electron chi connectivity index (χ3n) is 11.1. The smallest absolute Gasteiger partial charge is 0.312 e. The van der Waals surface area contributed by atoms with E-state index in [0.717, 1.165) is 66.2 Å². The Labute approximate surface area is 367 Å². The summed E-state index contributed by atoms with van der Waals surface area (Å²) in [7, 11) is 0. The minimum Gasteiger partial charge on any atom is -0.460 e. The number of pyridine rings is 1. The second-order valence-electron chi connectivity index (χ2n) is 16.5. The van der Waals surface area contributed by atoms with Gasteiger partial charge in [0.2, 0.25) is 0 Å². The molecule has 3 fully saturated rings. The molecule has 14 nitrogen and oxygen atoms in total. The summed E-state index contributed by atoms with van der Waals surface area (Å²) in [6.45, 7) is 9.35. The number of nitrogens with one attached hydrogen (secondary N) is 1. The van der Waals surface area contributed by atoms with E-state index in [-0.39, 0.29) is 41.0 Å². The molecule has 9 rings (SSSR count). The number of fused-ring (bicyclic) bond motifs is 3. The molecule has 18 heteroatoms. The van der Waals surface area contributed by atoms with Crippen molar-refractivity contribution < 1.29 is 28.6 Å². The molecule has 0 spiro atoms. The molecule has 0 radical (unpaired) electrons. The highest BCUT2D eigenvalue weighted by atomic mass is 32.2. The molecule has 5 aliphatic heterocycles. The summed E-state index contributed by atoms with van der Waals surface area (Å²) in [6, 6.07) is 9.14. The largest absolute Gasteiger partial charge is 0.460 e. The molecule has 0 unspecified atom stereocenters. The van der Waals surface area contributed by atoms with Crippen LogP contribution < -0.4 is 16.8 Å². The maximum absolute atomic E-state index is 12.4. The van der Waals surface area contributed by atoms with Crippen LogP contribution in [-0.4, -0.2) is 82.9 Å². The van der Waals surface area contributed by atoms with E-state index in [1.807, 2.05) is 43.7 Å². The molecule has 0 bridgehead atoms. The Morgan fingerprint density at radius 3 is 2.50 bits per heavy atom. The van der Waals surface area contributed by atoms with E-state index in [0.29, 0.717) is 41.5 Å². The number of carbonyl (C=O) groups excluding carboxylic acids is 2. The van der Waals surface area contributed by atoms with Gasteiger partial charge in [0, 0.05) is 69.3 Å². The fraction of sp³-hybridized carbons (Fsp3) is 0.548. The molecule has 1 saturated carbocycles. The molecule has 1 amide bonds. The Morgan fingerprint density at radius 1 is 0.967 bits per heavy atom. The third-order valence-corrected chi connectivity index (χ3v) is 15.4. The minimum atomic E-state index is -0.454. The summed E-state index contributed by atoms with van der Waals surface area (Å²) >= 11 is 6.57. The number of ether oxygens (including phenoxy) is 3. The number of nitriles is 1. The summed E-state index contributed by atoms with van der Waals surface area (Å²) in [4.78, 5) is 45.8. The average molecular weight is 893 g/mol. The van der Waals surface area contributed by atoms with Crippen LogP contribution >= 0.6 is 46.2 Å². The first-order valence-electron chi connectivity index (χ1n) is 20.2. The number of rotatable bonds is 6. The number of aliphatic imine (C=N–C) groups is 2. The lowest BCUT2D eigenvalue weighted by atomic mass is 9.73. The van der Waals surface area contributed by atoms with E-state index in [1.54, 1.807) is 52.3 Å². The summed E-state index contributed by atoms with van der Waals surface area (Å²) in [6.07, 6.45) is 8.11. The lowest BCUT2D eigenvalue weighted by Crippen LogP contribution is -2.46. The van der Waals surface area contributed by atoms with Gasteiger partial charge in [-0.25, -0.2) is 9.98 Å². The van der Waals surface area contributed by atoms with Crippen molar-refractivity contribution in [2.75, 3.05) is 55.6 Å². The number of esters is 1. The molecule has 5 atom stereocenters. The number of nitrogen functional groups attached to an aromatic ring is 1. The van der Waals surface area contributed by atoms with Gasteiger partial charge in [-0.1, -0.05) is 29.8 Å². The van der Waals surface area contributed by atoms with Crippen LogP contribution in [0.1, 0.15) is 91.5 Å². The topological polar surface area (TPSA) is 209 Å². The third kappa shape index (κ3) is 10.5. The molecular weight excluding hydrogens is 841 g/mol. The number of anilines is 2. The van der Waals surface area contributed by atoms with Crippen molar-refractivity contribution in [2.24, 2.45) is 38.6 Å². The van der Waals surface area contributed by atoms with Crippen LogP contribution in [0.25, 0.3) is 0 Å². The Bertz CT molecular complexity index is 2140. The van der Waals surface area contributed by atoms with Crippen LogP contribution in [0.15, 0.2) is 56.4 Å². The zero-order valence-corrected chi connectivity index (χ0v) is 37.4. The van der Waals surface area contributed by atoms with Gasteiger partial charge in [0.25, 0.3) is 5.91 Å². The fourth-order valence-electron chi connectivity index (χ4n) is 8.12. The normalized spacial score (nSPS) is 26.8. The number of amidine groups is 1. The quantitative estimate of drug-likeness (QED) is 0.205. The van der Waals surface area contributed by atoms with Crippen molar-refractivity contribution in [3.05, 3.63) is 62.2 Å². The van der Waals surface area contributed by atoms with Crippen molar-refractivity contribution in [3.8, 4) is 6.07 Å². The number of hydrogen-bond donors (Lipinski definition) is 3. The van der Waals surface area contributed by atoms with Gasteiger partial charge in [0.15, 0.2) is 5.17 Å². The summed E-state index contributed by atoms with van der Waals surface area (Å²) in [5, 5.41) is 21.0. The lowest BCUT2D eigenvalue weighted by molar-refractivity contribution is -0.153. The fourth-order valence-corrected chi connectivity index (χ4v) is 12.5. The first kappa shape index (κ1) is 44.1. The lowest BCUT2D eigenvalue weighted by Gasteiger charge is -2.43. The molecule has 320 valence electrons. The van der Waals surface area contributed by atoms with E-state index >= 15 is 0 Å². The van der Waals surface area contributed by atoms with E-state index in [4.69, 9.17) is 45.8 Å². The molecule has 6 aliphatic rings. The number of hydrogen-bond acceptors (Lipinski definition) is 17. The van der Waals surface area contributed by atoms with E-state index in [2.05, 4.69) is 21.5 Å². The zero-order valence-electron chi connectivity index (χ0n) is 34.1. The first-order valence-corrected chi connectivity index (χ1v) is 24.0. The maximum atomic E-state index is 12.4. The first-order chi connectivity index (χ1) is 28.9. The van der Waals surface area contributed by atoms with Crippen molar-refractivity contribution in [3.63, 3.8) is 0 Å². The van der Waals surface area contributed by atoms with Gasteiger partial charge in [0.1, 0.15) is 29.5 Å². The summed E-state index contributed by atoms with van der Waals surface area (Å²) in [5.74, 6) is 2.68. The second-order valence-corrected chi connectivity index (χ2v) is 20.5. The molecule has 0 aromatic carbocycles. The average Bonchev–Trinajstić information content (AvgIpc) is 4.02. The number of oxime groups is 1. The molecule has 60 heavy (non-hydrogen) atoms. The standard InChI is InChI=1S/C18H17N5O2S2.C18H26N2O2S2.C6H9NO2/c19-6-11-1-2-14(21-7-11)16(24)22-13-5-15(26-10-13)18-3-4-25-8-12(18)9-27-17(20)23-18;1-17(2,3)22-16(21)9-15-20-18(14-8-13(19)11-23-14)7-5-4-6-12(18)10-24-15;1-2-8-3-5-4-9-7-6(1)5/h1-2,5,7,10,12H,3-4,8-9H2,(H2,20,23)(H,22,24);8,11-12H,4-7,9-10,19H2,1-3H3;5H,1-4H2/t2*12-,18-;5-/m000/s1. The number of aromatic nitrogens is 1. The van der Waals surface area contributed by atoms with Gasteiger partial charge in [-0.05, 0) is 63.8 Å². The Morgan fingerprint density at radius 2 is 1.75 bits per heavy atom. The number of carbonyl (C=O) groups is 2. The predicted molar refractivity (Wildman–Crippen MR) is 241 cm³/mol. The number of nitrogens with zero attached hydrogens (tertiary/aromatic N) is 5. The van der Waals surface area contributed by atoms with Crippen LogP contribution in [0.5, 0.6) is 0 Å². The molecule has 8 heterocycles. The molecule has 3 aromatic heterocycles. The second kappa shape index (κ2) is 19.4. The Kier molecular flexibility index (Phi) is 14.2. The predicted octanol–water partition coefficient (Wildman–Crippen LogP) is 7.56. The Balaban J connectivity index is 0.000000151. The highest BCUT2D eigenvalue weighted by molar-refractivity contribution is 8.14. The van der Waals surface area contributed by atoms with Crippen LogP contribution in [0.3, 0.4) is 0 Å². The zero-order chi connectivity index (χ0) is 42.3. The van der Waals surface area contributed by atoms with Crippen LogP contribution in [0.4, 0.5) is 11.4 Å². The van der Waals surface area contributed by atoms with Gasteiger partial charge in [0.05, 0.1) is 59.7 Å². The van der Waals surface area contributed by atoms with E-state index in [1.165, 1.54) is 42.1 Å². The number of thiophene rings is 2. The van der Waals surface area contributed by atoms with Gasteiger partial charge in [-0.15, -0.1) is 34.4 Å². The van der Waals surface area contributed by atoms with Crippen molar-refractivity contribution in [1.29, 1.82) is 5.26 Å². The molecule has 2 saturated heterocycles. The Hall–Kier alpha value is -3.99. The number of nitrogens with two attached hydrogens (primary N) is 2. The van der Waals surface area contributed by atoms with Gasteiger partial charge >= 0.3 is 5.97 Å². The highest BCUT2D eigenvalue weighted by Crippen LogP contribution is 2.52. The van der Waals surface area contributed by atoms with E-state index < -0.39 is 5.60 Å². The monoisotopic (exact) mass is 892 g/mol. The minimum absolute atomic E-state index is 0.177. The molecule has 1 aliphatic carbocycles. The summed E-state index contributed by atoms with van der Waals surface area (Å²) < 4.78 is 16.3. The molecular formula is C42H52N8O6S4. The molecule has 5 N–H and O–H groups in total. The van der Waals surface area contributed by atoms with Crippen LogP contribution in [0.2, 0.25) is 0 Å². The van der Waals surface area contributed by atoms with Gasteiger partial charge in [-0.3, -0.25) is 14.6 Å². The highest BCUT2D eigenvalue weighted by Gasteiger charge is 2.47. The van der Waals surface area contributed by atoms with Gasteiger partial charge in [-0.2, -0.15) is 5.26 Å². The maximum Gasteiger partial charge on any atom is 0.312 e. The van der Waals surface area contributed by atoms with Crippen molar-refractivity contribution >= 4 is 85.4 Å².